The van der Waals surface area contributed by atoms with Crippen LogP contribution in [0.2, 0.25) is 0 Å². The third-order valence-electron chi connectivity index (χ3n) is 2.50. The standard InChI is InChI=1S/C12H14N2O2/c1-12(2,3)14-5-4-8-6-9(11(15)16)7-13-10(8)14/h4-7H,1-3H3,(H,15,16). The molecule has 0 bridgehead atoms. The van der Waals surface area contributed by atoms with Crippen LogP contribution in [-0.4, -0.2) is 20.6 Å². The Morgan fingerprint density at radius 1 is 1.44 bits per heavy atom. The van der Waals surface area contributed by atoms with E-state index in [2.05, 4.69) is 25.8 Å². The molecular weight excluding hydrogens is 204 g/mol. The van der Waals surface area contributed by atoms with E-state index in [9.17, 15) is 4.79 Å². The summed E-state index contributed by atoms with van der Waals surface area (Å²) < 4.78 is 2.04. The van der Waals surface area contributed by atoms with Crippen LogP contribution in [0.25, 0.3) is 11.0 Å². The summed E-state index contributed by atoms with van der Waals surface area (Å²) in [5.41, 5.74) is 0.983. The SMILES string of the molecule is CC(C)(C)n1ccc2cc(C(=O)O)cnc21. The van der Waals surface area contributed by atoms with Gasteiger partial charge in [0.05, 0.1) is 5.56 Å². The van der Waals surface area contributed by atoms with E-state index in [1.807, 2.05) is 16.8 Å². The molecule has 0 amide bonds. The van der Waals surface area contributed by atoms with Gasteiger partial charge < -0.3 is 9.67 Å². The number of carboxylic acid groups (broad SMARTS) is 1. The van der Waals surface area contributed by atoms with Gasteiger partial charge >= 0.3 is 5.97 Å². The zero-order valence-electron chi connectivity index (χ0n) is 9.56. The lowest BCUT2D eigenvalue weighted by Gasteiger charge is -2.21. The second kappa shape index (κ2) is 3.33. The molecule has 0 saturated heterocycles. The van der Waals surface area contributed by atoms with E-state index in [1.165, 1.54) is 6.20 Å². The first-order valence-electron chi connectivity index (χ1n) is 5.10. The Morgan fingerprint density at radius 3 is 2.69 bits per heavy atom. The van der Waals surface area contributed by atoms with Gasteiger partial charge in [-0.2, -0.15) is 0 Å². The molecule has 0 radical (unpaired) electrons. The molecule has 0 saturated carbocycles. The van der Waals surface area contributed by atoms with E-state index in [0.717, 1.165) is 11.0 Å². The minimum atomic E-state index is -0.946. The molecule has 0 aliphatic carbocycles. The third kappa shape index (κ3) is 1.66. The van der Waals surface area contributed by atoms with Gasteiger partial charge in [-0.3, -0.25) is 0 Å². The van der Waals surface area contributed by atoms with Crippen molar-refractivity contribution in [3.05, 3.63) is 30.1 Å². The lowest BCUT2D eigenvalue weighted by Crippen LogP contribution is -2.20. The first-order chi connectivity index (χ1) is 7.39. The summed E-state index contributed by atoms with van der Waals surface area (Å²) in [4.78, 5) is 15.0. The molecule has 84 valence electrons. The van der Waals surface area contributed by atoms with Crippen LogP contribution in [-0.2, 0) is 5.54 Å². The molecule has 0 unspecified atom stereocenters. The van der Waals surface area contributed by atoms with Crippen molar-refractivity contribution in [2.45, 2.75) is 26.3 Å². The fourth-order valence-electron chi connectivity index (χ4n) is 1.68. The van der Waals surface area contributed by atoms with Gasteiger partial charge in [0.1, 0.15) is 5.65 Å². The van der Waals surface area contributed by atoms with Gasteiger partial charge in [-0.15, -0.1) is 0 Å². The fraction of sp³-hybridized carbons (Fsp3) is 0.333. The van der Waals surface area contributed by atoms with Gasteiger partial charge in [-0.1, -0.05) is 0 Å². The zero-order valence-corrected chi connectivity index (χ0v) is 9.56. The zero-order chi connectivity index (χ0) is 11.9. The van der Waals surface area contributed by atoms with Gasteiger partial charge in [0.25, 0.3) is 0 Å². The van der Waals surface area contributed by atoms with Crippen LogP contribution < -0.4 is 0 Å². The minimum Gasteiger partial charge on any atom is -0.478 e. The Balaban J connectivity index is 2.64. The van der Waals surface area contributed by atoms with Crippen LogP contribution in [0, 0.1) is 0 Å². The van der Waals surface area contributed by atoms with E-state index < -0.39 is 5.97 Å². The topological polar surface area (TPSA) is 55.1 Å². The highest BCUT2D eigenvalue weighted by atomic mass is 16.4. The maximum atomic E-state index is 10.8. The highest BCUT2D eigenvalue weighted by Gasteiger charge is 2.16. The Hall–Kier alpha value is -1.84. The van der Waals surface area contributed by atoms with Crippen LogP contribution in [0.3, 0.4) is 0 Å². The minimum absolute atomic E-state index is 0.0561. The van der Waals surface area contributed by atoms with Crippen molar-refractivity contribution in [2.75, 3.05) is 0 Å². The van der Waals surface area contributed by atoms with Crippen LogP contribution in [0.5, 0.6) is 0 Å². The Kier molecular flexibility index (Phi) is 2.22. The molecule has 2 rings (SSSR count). The van der Waals surface area contributed by atoms with Crippen LogP contribution in [0.15, 0.2) is 24.5 Å². The molecule has 2 aromatic rings. The molecule has 2 heterocycles. The van der Waals surface area contributed by atoms with Gasteiger partial charge in [-0.25, -0.2) is 9.78 Å². The lowest BCUT2D eigenvalue weighted by atomic mass is 10.1. The maximum absolute atomic E-state index is 10.8. The van der Waals surface area contributed by atoms with E-state index in [-0.39, 0.29) is 11.1 Å². The van der Waals surface area contributed by atoms with Crippen molar-refractivity contribution >= 4 is 17.0 Å². The van der Waals surface area contributed by atoms with Gasteiger partial charge in [0.15, 0.2) is 0 Å². The second-order valence-electron chi connectivity index (χ2n) is 4.80. The number of hydrogen-bond acceptors (Lipinski definition) is 2. The summed E-state index contributed by atoms with van der Waals surface area (Å²) in [7, 11) is 0. The van der Waals surface area contributed by atoms with Gasteiger partial charge in [0.2, 0.25) is 0 Å². The Bertz CT molecular complexity index is 550. The predicted molar refractivity (Wildman–Crippen MR) is 61.7 cm³/mol. The predicted octanol–water partition coefficient (Wildman–Crippen LogP) is 2.49. The van der Waals surface area contributed by atoms with Crippen molar-refractivity contribution in [2.24, 2.45) is 0 Å². The summed E-state index contributed by atoms with van der Waals surface area (Å²) in [5.74, 6) is -0.946. The number of aromatic carboxylic acids is 1. The third-order valence-corrected chi connectivity index (χ3v) is 2.50. The molecule has 0 aromatic carbocycles. The number of nitrogens with zero attached hydrogens (tertiary/aromatic N) is 2. The van der Waals surface area contributed by atoms with Crippen LogP contribution >= 0.6 is 0 Å². The molecule has 2 aromatic heterocycles. The smallest absolute Gasteiger partial charge is 0.337 e. The van der Waals surface area contributed by atoms with Crippen LogP contribution in [0.1, 0.15) is 31.1 Å². The number of carbonyl (C=O) groups is 1. The molecule has 0 aliphatic rings. The molecule has 16 heavy (non-hydrogen) atoms. The lowest BCUT2D eigenvalue weighted by molar-refractivity contribution is 0.0696. The monoisotopic (exact) mass is 218 g/mol. The van der Waals surface area contributed by atoms with Crippen molar-refractivity contribution in [3.63, 3.8) is 0 Å². The highest BCUT2D eigenvalue weighted by Crippen LogP contribution is 2.22. The van der Waals surface area contributed by atoms with Crippen molar-refractivity contribution < 1.29 is 9.90 Å². The van der Waals surface area contributed by atoms with Crippen molar-refractivity contribution in [1.82, 2.24) is 9.55 Å². The first kappa shape index (κ1) is 10.7. The average Bonchev–Trinajstić information content (AvgIpc) is 2.58. The van der Waals surface area contributed by atoms with Crippen molar-refractivity contribution in [3.8, 4) is 0 Å². The number of hydrogen-bond donors (Lipinski definition) is 1. The van der Waals surface area contributed by atoms with Crippen LogP contribution in [0.4, 0.5) is 0 Å². The molecule has 4 nitrogen and oxygen atoms in total. The molecule has 0 fully saturated rings. The average molecular weight is 218 g/mol. The quantitative estimate of drug-likeness (QED) is 0.800. The van der Waals surface area contributed by atoms with E-state index >= 15 is 0 Å². The maximum Gasteiger partial charge on any atom is 0.337 e. The molecule has 0 atom stereocenters. The number of carboxylic acids is 1. The van der Waals surface area contributed by atoms with Crippen molar-refractivity contribution in [1.29, 1.82) is 0 Å². The largest absolute Gasteiger partial charge is 0.478 e. The molecular formula is C12H14N2O2. The number of pyridine rings is 1. The number of aromatic nitrogens is 2. The van der Waals surface area contributed by atoms with Gasteiger partial charge in [-0.05, 0) is 32.9 Å². The summed E-state index contributed by atoms with van der Waals surface area (Å²) in [6.45, 7) is 6.25. The molecule has 0 spiro atoms. The van der Waals surface area contributed by atoms with E-state index in [0.29, 0.717) is 0 Å². The Labute approximate surface area is 93.5 Å². The normalized spacial score (nSPS) is 11.9. The first-order valence-corrected chi connectivity index (χ1v) is 5.10. The molecule has 4 heteroatoms. The second-order valence-corrected chi connectivity index (χ2v) is 4.80. The molecule has 0 aliphatic heterocycles. The Morgan fingerprint density at radius 2 is 2.12 bits per heavy atom. The highest BCUT2D eigenvalue weighted by molar-refractivity contribution is 5.91. The summed E-state index contributed by atoms with van der Waals surface area (Å²) in [5, 5.41) is 9.72. The summed E-state index contributed by atoms with van der Waals surface area (Å²) in [6.07, 6.45) is 3.33. The van der Waals surface area contributed by atoms with E-state index in [1.54, 1.807) is 6.07 Å². The number of rotatable bonds is 1. The van der Waals surface area contributed by atoms with E-state index in [4.69, 9.17) is 5.11 Å². The molecule has 1 N–H and O–H groups in total. The number of fused-ring (bicyclic) bond motifs is 1. The fourth-order valence-corrected chi connectivity index (χ4v) is 1.68. The van der Waals surface area contributed by atoms with Gasteiger partial charge in [0, 0.05) is 23.3 Å². The summed E-state index contributed by atoms with van der Waals surface area (Å²) >= 11 is 0. The summed E-state index contributed by atoms with van der Waals surface area (Å²) in [6, 6.07) is 3.53.